The van der Waals surface area contributed by atoms with Crippen LogP contribution in [0.2, 0.25) is 0 Å². The minimum absolute atomic E-state index is 0.0253. The van der Waals surface area contributed by atoms with Crippen molar-refractivity contribution in [3.8, 4) is 5.75 Å². The van der Waals surface area contributed by atoms with Gasteiger partial charge in [0.15, 0.2) is 0 Å². The summed E-state index contributed by atoms with van der Waals surface area (Å²) >= 11 is 0. The molecule has 2 aromatic carbocycles. The maximum absolute atomic E-state index is 12.2. The molecule has 0 aliphatic heterocycles. The Morgan fingerprint density at radius 3 is 2.52 bits per heavy atom. The maximum atomic E-state index is 12.2. The number of carbonyl (C=O) groups is 1. The molecule has 122 valence electrons. The maximum Gasteiger partial charge on any atom is 0.242 e. The quantitative estimate of drug-likeness (QED) is 0.824. The van der Waals surface area contributed by atoms with Crippen LogP contribution in [-0.2, 0) is 17.8 Å². The Kier molecular flexibility index (Phi) is 6.03. The number of benzene rings is 2. The topological polar surface area (TPSA) is 50.4 Å². The number of rotatable bonds is 7. The van der Waals surface area contributed by atoms with E-state index in [0.717, 1.165) is 23.4 Å². The molecule has 4 heteroatoms. The molecule has 0 spiro atoms. The van der Waals surface area contributed by atoms with E-state index in [0.29, 0.717) is 6.54 Å². The van der Waals surface area contributed by atoms with Crippen molar-refractivity contribution in [2.75, 3.05) is 12.4 Å². The zero-order chi connectivity index (χ0) is 16.7. The van der Waals surface area contributed by atoms with E-state index in [2.05, 4.69) is 29.7 Å². The zero-order valence-corrected chi connectivity index (χ0v) is 13.9. The highest BCUT2D eigenvalue weighted by Gasteiger charge is 2.12. The van der Waals surface area contributed by atoms with Gasteiger partial charge in [0, 0.05) is 12.2 Å². The van der Waals surface area contributed by atoms with Gasteiger partial charge in [0.1, 0.15) is 11.8 Å². The summed E-state index contributed by atoms with van der Waals surface area (Å²) in [7, 11) is 1.64. The lowest BCUT2D eigenvalue weighted by molar-refractivity contribution is -0.121. The van der Waals surface area contributed by atoms with Crippen molar-refractivity contribution in [2.45, 2.75) is 32.9 Å². The fourth-order valence-electron chi connectivity index (χ4n) is 2.28. The van der Waals surface area contributed by atoms with Crippen molar-refractivity contribution >= 4 is 11.6 Å². The van der Waals surface area contributed by atoms with Gasteiger partial charge in [-0.15, -0.1) is 0 Å². The van der Waals surface area contributed by atoms with E-state index >= 15 is 0 Å². The van der Waals surface area contributed by atoms with E-state index < -0.39 is 0 Å². The van der Waals surface area contributed by atoms with Crippen LogP contribution in [0.25, 0.3) is 0 Å². The van der Waals surface area contributed by atoms with Crippen molar-refractivity contribution in [3.63, 3.8) is 0 Å². The van der Waals surface area contributed by atoms with Gasteiger partial charge in [0.05, 0.1) is 7.11 Å². The monoisotopic (exact) mass is 312 g/mol. The first-order valence-electron chi connectivity index (χ1n) is 7.88. The summed E-state index contributed by atoms with van der Waals surface area (Å²) in [6, 6.07) is 15.5. The van der Waals surface area contributed by atoms with Crippen molar-refractivity contribution in [1.29, 1.82) is 0 Å². The van der Waals surface area contributed by atoms with Crippen LogP contribution < -0.4 is 15.4 Å². The fourth-order valence-corrected chi connectivity index (χ4v) is 2.28. The number of anilines is 1. The summed E-state index contributed by atoms with van der Waals surface area (Å²) in [6.07, 6.45) is 0.980. The summed E-state index contributed by atoms with van der Waals surface area (Å²) in [4.78, 5) is 12.2. The smallest absolute Gasteiger partial charge is 0.242 e. The van der Waals surface area contributed by atoms with Gasteiger partial charge in [-0.2, -0.15) is 0 Å². The number of carbonyl (C=O) groups excluding carboxylic acids is 1. The minimum Gasteiger partial charge on any atom is -0.497 e. The minimum atomic E-state index is -0.291. The predicted molar refractivity (Wildman–Crippen MR) is 93.7 cm³/mol. The zero-order valence-electron chi connectivity index (χ0n) is 13.9. The lowest BCUT2D eigenvalue weighted by Crippen LogP contribution is -2.37. The van der Waals surface area contributed by atoms with Crippen molar-refractivity contribution in [1.82, 2.24) is 5.32 Å². The fraction of sp³-hybridized carbons (Fsp3) is 0.316. The molecule has 0 aliphatic rings. The Balaban J connectivity index is 1.86. The molecule has 0 saturated carbocycles. The molecule has 1 amide bonds. The average Bonchev–Trinajstić information content (AvgIpc) is 2.60. The SMILES string of the molecule is CCc1cccc(NC(C)C(=O)NCc2ccc(OC)cc2)c1. The second kappa shape index (κ2) is 8.22. The summed E-state index contributed by atoms with van der Waals surface area (Å²) in [5.41, 5.74) is 3.26. The largest absolute Gasteiger partial charge is 0.497 e. The summed E-state index contributed by atoms with van der Waals surface area (Å²) < 4.78 is 5.12. The molecular formula is C19H24N2O2. The molecule has 1 atom stereocenters. The third-order valence-electron chi connectivity index (χ3n) is 3.74. The molecular weight excluding hydrogens is 288 g/mol. The van der Waals surface area contributed by atoms with Crippen LogP contribution in [0.4, 0.5) is 5.69 Å². The lowest BCUT2D eigenvalue weighted by atomic mass is 10.1. The highest BCUT2D eigenvalue weighted by molar-refractivity contribution is 5.84. The molecule has 23 heavy (non-hydrogen) atoms. The number of hydrogen-bond acceptors (Lipinski definition) is 3. The summed E-state index contributed by atoms with van der Waals surface area (Å²) in [6.45, 7) is 4.48. The number of aryl methyl sites for hydroxylation is 1. The van der Waals surface area contributed by atoms with E-state index in [9.17, 15) is 4.79 Å². The number of methoxy groups -OCH3 is 1. The van der Waals surface area contributed by atoms with Gasteiger partial charge in [-0.1, -0.05) is 31.2 Å². The molecule has 0 aromatic heterocycles. The first-order chi connectivity index (χ1) is 11.1. The van der Waals surface area contributed by atoms with Gasteiger partial charge in [0.25, 0.3) is 0 Å². The molecule has 2 aromatic rings. The molecule has 0 saturated heterocycles. The van der Waals surface area contributed by atoms with Gasteiger partial charge >= 0.3 is 0 Å². The molecule has 4 nitrogen and oxygen atoms in total. The predicted octanol–water partition coefficient (Wildman–Crippen LogP) is 3.37. The molecule has 0 fully saturated rings. The molecule has 1 unspecified atom stereocenters. The highest BCUT2D eigenvalue weighted by atomic mass is 16.5. The first kappa shape index (κ1) is 16.9. The van der Waals surface area contributed by atoms with Crippen LogP contribution in [0.5, 0.6) is 5.75 Å². The average molecular weight is 312 g/mol. The molecule has 0 bridgehead atoms. The molecule has 0 aliphatic carbocycles. The lowest BCUT2D eigenvalue weighted by Gasteiger charge is -2.16. The number of nitrogens with one attached hydrogen (secondary N) is 2. The molecule has 2 rings (SSSR count). The van der Waals surface area contributed by atoms with E-state index in [4.69, 9.17) is 4.74 Å². The van der Waals surface area contributed by atoms with Crippen LogP contribution in [-0.4, -0.2) is 19.1 Å². The second-order valence-corrected chi connectivity index (χ2v) is 5.49. The van der Waals surface area contributed by atoms with E-state index in [1.807, 2.05) is 43.3 Å². The van der Waals surface area contributed by atoms with Gasteiger partial charge < -0.3 is 15.4 Å². The van der Waals surface area contributed by atoms with E-state index in [-0.39, 0.29) is 11.9 Å². The standard InChI is InChI=1S/C19H24N2O2/c1-4-15-6-5-7-17(12-15)21-14(2)19(22)20-13-16-8-10-18(23-3)11-9-16/h5-12,14,21H,4,13H2,1-3H3,(H,20,22). The van der Waals surface area contributed by atoms with Crippen molar-refractivity contribution in [3.05, 3.63) is 59.7 Å². The third-order valence-corrected chi connectivity index (χ3v) is 3.74. The number of ether oxygens (including phenoxy) is 1. The van der Waals surface area contributed by atoms with Crippen molar-refractivity contribution in [2.24, 2.45) is 0 Å². The Hall–Kier alpha value is -2.49. The Bertz CT molecular complexity index is 638. The third kappa shape index (κ3) is 5.02. The first-order valence-corrected chi connectivity index (χ1v) is 7.88. The Morgan fingerprint density at radius 1 is 1.13 bits per heavy atom. The van der Waals surface area contributed by atoms with Crippen LogP contribution in [0.1, 0.15) is 25.0 Å². The summed E-state index contributed by atoms with van der Waals surface area (Å²) in [5.74, 6) is 0.786. The van der Waals surface area contributed by atoms with Crippen LogP contribution in [0.3, 0.4) is 0 Å². The molecule has 0 radical (unpaired) electrons. The Morgan fingerprint density at radius 2 is 1.87 bits per heavy atom. The van der Waals surface area contributed by atoms with Gasteiger partial charge in [0.2, 0.25) is 5.91 Å². The van der Waals surface area contributed by atoms with E-state index in [1.54, 1.807) is 7.11 Å². The van der Waals surface area contributed by atoms with E-state index in [1.165, 1.54) is 5.56 Å². The highest BCUT2D eigenvalue weighted by Crippen LogP contribution is 2.13. The van der Waals surface area contributed by atoms with Crippen LogP contribution in [0.15, 0.2) is 48.5 Å². The number of hydrogen-bond donors (Lipinski definition) is 2. The van der Waals surface area contributed by atoms with Gasteiger partial charge in [-0.05, 0) is 48.7 Å². The van der Waals surface area contributed by atoms with Crippen molar-refractivity contribution < 1.29 is 9.53 Å². The number of amides is 1. The molecule has 2 N–H and O–H groups in total. The Labute approximate surface area is 137 Å². The van der Waals surface area contributed by atoms with Gasteiger partial charge in [-0.25, -0.2) is 0 Å². The van der Waals surface area contributed by atoms with Gasteiger partial charge in [-0.3, -0.25) is 4.79 Å². The summed E-state index contributed by atoms with van der Waals surface area (Å²) in [5, 5.41) is 6.18. The molecule has 0 heterocycles. The van der Waals surface area contributed by atoms with Crippen LogP contribution >= 0.6 is 0 Å². The van der Waals surface area contributed by atoms with Crippen LogP contribution in [0, 0.1) is 0 Å². The normalized spacial score (nSPS) is 11.6. The second-order valence-electron chi connectivity index (χ2n) is 5.49.